The maximum atomic E-state index is 10.5. The van der Waals surface area contributed by atoms with Crippen LogP contribution in [0, 0.1) is 13.8 Å². The number of carboxylic acid groups (broad SMARTS) is 1. The van der Waals surface area contributed by atoms with Gasteiger partial charge in [-0.1, -0.05) is 0 Å². The van der Waals surface area contributed by atoms with Gasteiger partial charge in [-0.2, -0.15) is 5.10 Å². The Bertz CT molecular complexity index is 492. The van der Waals surface area contributed by atoms with E-state index in [1.807, 2.05) is 26.1 Å². The van der Waals surface area contributed by atoms with Gasteiger partial charge in [0.2, 0.25) is 0 Å². The second kappa shape index (κ2) is 3.34. The molecule has 15 heavy (non-hydrogen) atoms. The minimum absolute atomic E-state index is 0.139. The lowest BCUT2D eigenvalue weighted by Gasteiger charge is -1.98. The molecule has 0 atom stereocenters. The lowest BCUT2D eigenvalue weighted by atomic mass is 10.2. The average Bonchev–Trinajstić information content (AvgIpc) is 2.46. The lowest BCUT2D eigenvalue weighted by molar-refractivity contribution is -0.136. The molecule has 5 heteroatoms. The fraction of sp³-hybridized carbons (Fsp3) is 0.300. The highest BCUT2D eigenvalue weighted by Gasteiger charge is 2.08. The summed E-state index contributed by atoms with van der Waals surface area (Å²) in [4.78, 5) is 14.6. The van der Waals surface area contributed by atoms with Crippen LogP contribution in [0.25, 0.3) is 5.65 Å². The summed E-state index contributed by atoms with van der Waals surface area (Å²) in [5.74, 6) is -0.577. The summed E-state index contributed by atoms with van der Waals surface area (Å²) in [7, 11) is 0. The summed E-state index contributed by atoms with van der Waals surface area (Å²) >= 11 is 0. The van der Waals surface area contributed by atoms with Crippen molar-refractivity contribution in [2.24, 2.45) is 0 Å². The molecule has 0 aliphatic rings. The van der Waals surface area contributed by atoms with E-state index in [1.54, 1.807) is 4.52 Å². The summed E-state index contributed by atoms with van der Waals surface area (Å²) < 4.78 is 1.61. The van der Waals surface area contributed by atoms with Crippen molar-refractivity contribution in [3.63, 3.8) is 0 Å². The Labute approximate surface area is 86.4 Å². The molecule has 0 aliphatic heterocycles. The van der Waals surface area contributed by atoms with Crippen molar-refractivity contribution in [3.8, 4) is 0 Å². The zero-order chi connectivity index (χ0) is 11.0. The standard InChI is InChI=1S/C10H11N3O2/c1-6-3-9-11-8(4-10(14)15)12-13(9)5-7(6)2/h3,5H,4H2,1-2H3,(H,14,15). The average molecular weight is 205 g/mol. The largest absolute Gasteiger partial charge is 0.481 e. The van der Waals surface area contributed by atoms with E-state index in [2.05, 4.69) is 10.1 Å². The molecular formula is C10H11N3O2. The summed E-state index contributed by atoms with van der Waals surface area (Å²) in [6.07, 6.45) is 1.71. The van der Waals surface area contributed by atoms with Crippen LogP contribution in [0.15, 0.2) is 12.3 Å². The van der Waals surface area contributed by atoms with Crippen LogP contribution >= 0.6 is 0 Å². The number of aromatic nitrogens is 3. The van der Waals surface area contributed by atoms with Crippen LogP contribution in [0.2, 0.25) is 0 Å². The van der Waals surface area contributed by atoms with Crippen LogP contribution in [0.3, 0.4) is 0 Å². The minimum atomic E-state index is -0.917. The molecule has 0 bridgehead atoms. The predicted octanol–water partition coefficient (Wildman–Crippen LogP) is 0.973. The highest BCUT2D eigenvalue weighted by molar-refractivity contribution is 5.69. The van der Waals surface area contributed by atoms with E-state index in [-0.39, 0.29) is 6.42 Å². The Balaban J connectivity index is 2.51. The monoisotopic (exact) mass is 205 g/mol. The van der Waals surface area contributed by atoms with Crippen molar-refractivity contribution in [2.45, 2.75) is 20.3 Å². The number of rotatable bonds is 2. The first-order valence-electron chi connectivity index (χ1n) is 4.60. The van der Waals surface area contributed by atoms with E-state index in [1.165, 1.54) is 0 Å². The first-order valence-corrected chi connectivity index (χ1v) is 4.60. The fourth-order valence-electron chi connectivity index (χ4n) is 1.38. The molecule has 0 unspecified atom stereocenters. The Kier molecular flexibility index (Phi) is 2.15. The number of fused-ring (bicyclic) bond motifs is 1. The van der Waals surface area contributed by atoms with E-state index in [9.17, 15) is 4.79 Å². The molecule has 0 amide bonds. The van der Waals surface area contributed by atoms with Crippen LogP contribution in [0.4, 0.5) is 0 Å². The molecule has 0 radical (unpaired) electrons. The SMILES string of the molecule is Cc1cc2nc(CC(=O)O)nn2cc1C. The van der Waals surface area contributed by atoms with Crippen molar-refractivity contribution in [1.29, 1.82) is 0 Å². The van der Waals surface area contributed by atoms with Crippen LogP contribution in [-0.4, -0.2) is 25.7 Å². The molecule has 5 nitrogen and oxygen atoms in total. The third-order valence-electron chi connectivity index (χ3n) is 2.29. The van der Waals surface area contributed by atoms with Gasteiger partial charge in [-0.3, -0.25) is 4.79 Å². The number of carboxylic acids is 1. The maximum Gasteiger partial charge on any atom is 0.311 e. The Hall–Kier alpha value is -1.91. The van der Waals surface area contributed by atoms with Crippen molar-refractivity contribution in [2.75, 3.05) is 0 Å². The van der Waals surface area contributed by atoms with Gasteiger partial charge in [0.05, 0.1) is 0 Å². The number of hydrogen-bond acceptors (Lipinski definition) is 3. The zero-order valence-corrected chi connectivity index (χ0v) is 8.56. The van der Waals surface area contributed by atoms with Gasteiger partial charge >= 0.3 is 5.97 Å². The van der Waals surface area contributed by atoms with E-state index in [4.69, 9.17) is 5.11 Å². The summed E-state index contributed by atoms with van der Waals surface area (Å²) in [6, 6.07) is 1.90. The topological polar surface area (TPSA) is 67.5 Å². The second-order valence-electron chi connectivity index (χ2n) is 3.54. The molecule has 0 fully saturated rings. The van der Waals surface area contributed by atoms with Crippen molar-refractivity contribution in [1.82, 2.24) is 14.6 Å². The van der Waals surface area contributed by atoms with Gasteiger partial charge in [0, 0.05) is 6.20 Å². The predicted molar refractivity (Wildman–Crippen MR) is 53.8 cm³/mol. The molecule has 0 spiro atoms. The normalized spacial score (nSPS) is 10.8. The lowest BCUT2D eigenvalue weighted by Crippen LogP contribution is -2.01. The molecule has 2 aromatic heterocycles. The summed E-state index contributed by atoms with van der Waals surface area (Å²) in [5.41, 5.74) is 2.92. The van der Waals surface area contributed by atoms with Gasteiger partial charge in [-0.15, -0.1) is 0 Å². The van der Waals surface area contributed by atoms with E-state index < -0.39 is 5.97 Å². The fourth-order valence-corrected chi connectivity index (χ4v) is 1.38. The molecule has 2 rings (SSSR count). The molecular weight excluding hydrogens is 194 g/mol. The van der Waals surface area contributed by atoms with Gasteiger partial charge in [-0.05, 0) is 31.0 Å². The molecule has 0 saturated heterocycles. The van der Waals surface area contributed by atoms with Crippen molar-refractivity contribution in [3.05, 3.63) is 29.2 Å². The van der Waals surface area contributed by atoms with Crippen molar-refractivity contribution < 1.29 is 9.90 Å². The van der Waals surface area contributed by atoms with Gasteiger partial charge in [-0.25, -0.2) is 9.50 Å². The third kappa shape index (κ3) is 1.81. The molecule has 1 N–H and O–H groups in total. The number of nitrogens with zero attached hydrogens (tertiary/aromatic N) is 3. The smallest absolute Gasteiger partial charge is 0.311 e. The molecule has 2 aromatic rings. The first kappa shape index (κ1) is 9.64. The number of carbonyl (C=O) groups is 1. The Morgan fingerprint density at radius 2 is 2.20 bits per heavy atom. The Morgan fingerprint density at radius 1 is 1.47 bits per heavy atom. The first-order chi connectivity index (χ1) is 7.06. The highest BCUT2D eigenvalue weighted by Crippen LogP contribution is 2.09. The van der Waals surface area contributed by atoms with E-state index in [0.29, 0.717) is 11.5 Å². The van der Waals surface area contributed by atoms with Crippen molar-refractivity contribution >= 4 is 11.6 Å². The van der Waals surface area contributed by atoms with Gasteiger partial charge < -0.3 is 5.11 Å². The van der Waals surface area contributed by atoms with Gasteiger partial charge in [0.1, 0.15) is 6.42 Å². The summed E-state index contributed by atoms with van der Waals surface area (Å²) in [5, 5.41) is 12.7. The number of aliphatic carboxylic acids is 1. The second-order valence-corrected chi connectivity index (χ2v) is 3.54. The molecule has 0 saturated carbocycles. The highest BCUT2D eigenvalue weighted by atomic mass is 16.4. The van der Waals surface area contributed by atoms with Crippen LogP contribution in [-0.2, 0) is 11.2 Å². The Morgan fingerprint density at radius 3 is 2.87 bits per heavy atom. The van der Waals surface area contributed by atoms with E-state index in [0.717, 1.165) is 11.1 Å². The zero-order valence-electron chi connectivity index (χ0n) is 8.56. The maximum absolute atomic E-state index is 10.5. The molecule has 0 aliphatic carbocycles. The number of pyridine rings is 1. The quantitative estimate of drug-likeness (QED) is 0.793. The summed E-state index contributed by atoms with van der Waals surface area (Å²) in [6.45, 7) is 3.97. The van der Waals surface area contributed by atoms with Crippen LogP contribution in [0.1, 0.15) is 17.0 Å². The molecule has 0 aromatic carbocycles. The molecule has 2 heterocycles. The minimum Gasteiger partial charge on any atom is -0.481 e. The molecule has 78 valence electrons. The van der Waals surface area contributed by atoms with Gasteiger partial charge in [0.25, 0.3) is 0 Å². The number of aryl methyl sites for hydroxylation is 2. The van der Waals surface area contributed by atoms with E-state index >= 15 is 0 Å². The van der Waals surface area contributed by atoms with Crippen LogP contribution in [0.5, 0.6) is 0 Å². The number of hydrogen-bond donors (Lipinski definition) is 1. The van der Waals surface area contributed by atoms with Crippen LogP contribution < -0.4 is 0 Å². The third-order valence-corrected chi connectivity index (χ3v) is 2.29. The van der Waals surface area contributed by atoms with Gasteiger partial charge in [0.15, 0.2) is 11.5 Å².